The Hall–Kier alpha value is -2.66. The molecule has 5 rings (SSSR count). The van der Waals surface area contributed by atoms with E-state index in [4.69, 9.17) is 0 Å². The molecule has 145 valence electrons. The summed E-state index contributed by atoms with van der Waals surface area (Å²) >= 11 is 1.62. The summed E-state index contributed by atoms with van der Waals surface area (Å²) in [5.74, 6) is 0.786. The summed E-state index contributed by atoms with van der Waals surface area (Å²) in [6, 6.07) is 22.2. The van der Waals surface area contributed by atoms with Crippen molar-refractivity contribution in [1.29, 1.82) is 0 Å². The van der Waals surface area contributed by atoms with Crippen LogP contribution < -0.4 is 0 Å². The van der Waals surface area contributed by atoms with Crippen LogP contribution in [0.5, 0.6) is 0 Å². The molecule has 2 aromatic heterocycles. The first-order valence-electron chi connectivity index (χ1n) is 9.03. The molecule has 0 aliphatic heterocycles. The van der Waals surface area contributed by atoms with E-state index in [1.165, 1.54) is 22.3 Å². The number of aryl methyl sites for hydroxylation is 2. The Kier molecular flexibility index (Phi) is 5.41. The van der Waals surface area contributed by atoms with Crippen molar-refractivity contribution in [3.05, 3.63) is 83.6 Å². The van der Waals surface area contributed by atoms with E-state index in [2.05, 4.69) is 82.1 Å². The molecule has 0 N–H and O–H groups in total. The molecule has 3 aromatic carbocycles. The molecule has 0 saturated heterocycles. The number of aromatic nitrogens is 4. The predicted octanol–water partition coefficient (Wildman–Crippen LogP) is 5.63. The van der Waals surface area contributed by atoms with Crippen LogP contribution in [0, 0.1) is 19.9 Å². The standard InChI is InChI=1S/C23H17N4S.Ir/c1-15-10-19(17-6-4-3-5-7-17)11-16(2)22(15)27-13-25-26-23(27)18-8-9-20-21(12-18)28-14-24-20;/h3-7,9-14H,1-2H3;/q-1;. The molecule has 5 aromatic rings. The third-order valence-corrected chi connectivity index (χ3v) is 5.68. The molecule has 0 aliphatic carbocycles. The first-order valence-corrected chi connectivity index (χ1v) is 9.91. The average Bonchev–Trinajstić information content (AvgIpc) is 3.37. The van der Waals surface area contributed by atoms with E-state index in [0.717, 1.165) is 27.3 Å². The molecule has 0 amide bonds. The molecule has 0 spiro atoms. The van der Waals surface area contributed by atoms with Crippen LogP contribution in [0.4, 0.5) is 0 Å². The van der Waals surface area contributed by atoms with Gasteiger partial charge in [0.05, 0.1) is 11.3 Å². The van der Waals surface area contributed by atoms with E-state index >= 15 is 0 Å². The number of thiazole rings is 1. The van der Waals surface area contributed by atoms with Crippen molar-refractivity contribution in [2.45, 2.75) is 13.8 Å². The van der Waals surface area contributed by atoms with Gasteiger partial charge in [0.25, 0.3) is 0 Å². The Morgan fingerprint density at radius 2 is 1.72 bits per heavy atom. The van der Waals surface area contributed by atoms with E-state index in [-0.39, 0.29) is 20.1 Å². The number of hydrogen-bond acceptors (Lipinski definition) is 4. The number of hydrogen-bond donors (Lipinski definition) is 0. The van der Waals surface area contributed by atoms with Crippen molar-refractivity contribution in [2.75, 3.05) is 0 Å². The normalized spacial score (nSPS) is 10.8. The zero-order valence-corrected chi connectivity index (χ0v) is 19.1. The summed E-state index contributed by atoms with van der Waals surface area (Å²) in [4.78, 5) is 4.33. The smallest absolute Gasteiger partial charge is 0.114 e. The summed E-state index contributed by atoms with van der Waals surface area (Å²) in [6.07, 6.45) is 1.78. The maximum atomic E-state index is 4.38. The van der Waals surface area contributed by atoms with Crippen LogP contribution in [-0.4, -0.2) is 19.7 Å². The van der Waals surface area contributed by atoms with Gasteiger partial charge in [-0.25, -0.2) is 0 Å². The van der Waals surface area contributed by atoms with Crippen molar-refractivity contribution < 1.29 is 20.1 Å². The van der Waals surface area contributed by atoms with Gasteiger partial charge in [0.1, 0.15) is 6.33 Å². The van der Waals surface area contributed by atoms with Crippen molar-refractivity contribution in [2.24, 2.45) is 0 Å². The summed E-state index contributed by atoms with van der Waals surface area (Å²) in [5.41, 5.74) is 9.62. The molecule has 1 radical (unpaired) electrons. The SMILES string of the molecule is Cc1cc(-c2ccccc2)cc(C)c1-n1cnnc1-c1[c-]cc2ncsc2c1.[Ir]. The second-order valence-corrected chi connectivity index (χ2v) is 7.68. The fourth-order valence-electron chi connectivity index (χ4n) is 3.64. The molecule has 0 bridgehead atoms. The Morgan fingerprint density at radius 1 is 0.966 bits per heavy atom. The zero-order chi connectivity index (χ0) is 19.1. The van der Waals surface area contributed by atoms with Crippen LogP contribution in [0.3, 0.4) is 0 Å². The third kappa shape index (κ3) is 3.55. The predicted molar refractivity (Wildman–Crippen MR) is 114 cm³/mol. The van der Waals surface area contributed by atoms with Crippen molar-refractivity contribution >= 4 is 21.6 Å². The van der Waals surface area contributed by atoms with E-state index in [9.17, 15) is 0 Å². The molecule has 2 heterocycles. The topological polar surface area (TPSA) is 43.6 Å². The number of fused-ring (bicyclic) bond motifs is 1. The molecule has 0 saturated carbocycles. The Bertz CT molecular complexity index is 1270. The largest absolute Gasteiger partial charge is 0.322 e. The quantitative estimate of drug-likeness (QED) is 0.263. The molecule has 0 unspecified atom stereocenters. The minimum Gasteiger partial charge on any atom is -0.322 e. The van der Waals surface area contributed by atoms with Crippen LogP contribution in [0.25, 0.3) is 38.4 Å². The number of nitrogens with zero attached hydrogens (tertiary/aromatic N) is 4. The second-order valence-electron chi connectivity index (χ2n) is 6.80. The molecule has 0 fully saturated rings. The monoisotopic (exact) mass is 574 g/mol. The Balaban J connectivity index is 0.00000205. The van der Waals surface area contributed by atoms with Gasteiger partial charge in [-0.1, -0.05) is 30.3 Å². The van der Waals surface area contributed by atoms with Crippen molar-refractivity contribution in [1.82, 2.24) is 19.7 Å². The third-order valence-electron chi connectivity index (χ3n) is 4.89. The van der Waals surface area contributed by atoms with Gasteiger partial charge in [-0.2, -0.15) is 5.10 Å². The average molecular weight is 574 g/mol. The Labute approximate surface area is 186 Å². The fraction of sp³-hybridized carbons (Fsp3) is 0.0870. The van der Waals surface area contributed by atoms with Gasteiger partial charge >= 0.3 is 0 Å². The van der Waals surface area contributed by atoms with Crippen LogP contribution in [0.15, 0.2) is 66.4 Å². The van der Waals surface area contributed by atoms with Gasteiger partial charge in [0.2, 0.25) is 0 Å². The molecule has 4 nitrogen and oxygen atoms in total. The van der Waals surface area contributed by atoms with Crippen LogP contribution >= 0.6 is 11.3 Å². The summed E-state index contributed by atoms with van der Waals surface area (Å²) in [7, 11) is 0. The first kappa shape index (κ1) is 19.6. The molecule has 0 atom stereocenters. The van der Waals surface area contributed by atoms with Gasteiger partial charge < -0.3 is 4.57 Å². The van der Waals surface area contributed by atoms with Gasteiger partial charge in [0, 0.05) is 25.8 Å². The number of benzene rings is 3. The van der Waals surface area contributed by atoms with Gasteiger partial charge in [-0.15, -0.1) is 40.2 Å². The van der Waals surface area contributed by atoms with Crippen molar-refractivity contribution in [3.63, 3.8) is 0 Å². The Morgan fingerprint density at radius 3 is 2.48 bits per heavy atom. The van der Waals surface area contributed by atoms with E-state index in [0.29, 0.717) is 0 Å². The minimum atomic E-state index is 0. The van der Waals surface area contributed by atoms with E-state index in [1.54, 1.807) is 17.7 Å². The van der Waals surface area contributed by atoms with Crippen LogP contribution in [0.1, 0.15) is 11.1 Å². The van der Waals surface area contributed by atoms with Gasteiger partial charge in [0.15, 0.2) is 0 Å². The van der Waals surface area contributed by atoms with E-state index < -0.39 is 0 Å². The first-order chi connectivity index (χ1) is 13.7. The van der Waals surface area contributed by atoms with Crippen LogP contribution in [0.2, 0.25) is 0 Å². The summed E-state index contributed by atoms with van der Waals surface area (Å²) in [5, 5.41) is 8.57. The molecule has 29 heavy (non-hydrogen) atoms. The summed E-state index contributed by atoms with van der Waals surface area (Å²) in [6.45, 7) is 4.27. The zero-order valence-electron chi connectivity index (χ0n) is 15.9. The molecule has 6 heteroatoms. The molecular formula is C23H17IrN4S-. The molecular weight excluding hydrogens is 557 g/mol. The minimum absolute atomic E-state index is 0. The maximum Gasteiger partial charge on any atom is 0.114 e. The van der Waals surface area contributed by atoms with Crippen molar-refractivity contribution in [3.8, 4) is 28.2 Å². The second kappa shape index (κ2) is 7.99. The maximum absolute atomic E-state index is 4.38. The molecule has 0 aliphatic rings. The summed E-state index contributed by atoms with van der Waals surface area (Å²) < 4.78 is 3.18. The fourth-order valence-corrected chi connectivity index (χ4v) is 4.34. The van der Waals surface area contributed by atoms with Gasteiger partial charge in [-0.05, 0) is 58.5 Å². The van der Waals surface area contributed by atoms with Crippen LogP contribution in [-0.2, 0) is 20.1 Å². The van der Waals surface area contributed by atoms with E-state index in [1.807, 2.05) is 17.6 Å². The number of rotatable bonds is 3. The van der Waals surface area contributed by atoms with Gasteiger partial charge in [-0.3, -0.25) is 4.98 Å².